The number of aliphatic hydroxyl groups is 1. The molecule has 0 aliphatic heterocycles. The Labute approximate surface area is 104 Å². The zero-order chi connectivity index (χ0) is 13.8. The number of ether oxygens (including phenoxy) is 1. The zero-order valence-electron chi connectivity index (χ0n) is 10.2. The van der Waals surface area contributed by atoms with Crippen LogP contribution in [0, 0.1) is 11.6 Å². The van der Waals surface area contributed by atoms with Crippen LogP contribution in [-0.4, -0.2) is 36.9 Å². The van der Waals surface area contributed by atoms with Gasteiger partial charge in [0.2, 0.25) is 0 Å². The van der Waals surface area contributed by atoms with E-state index in [-0.39, 0.29) is 18.7 Å². The fourth-order valence-electron chi connectivity index (χ4n) is 1.37. The number of amides is 1. The maximum Gasteiger partial charge on any atom is 0.251 e. The highest BCUT2D eigenvalue weighted by Gasteiger charge is 2.21. The summed E-state index contributed by atoms with van der Waals surface area (Å²) in [5.41, 5.74) is -1.23. The molecule has 1 rings (SSSR count). The van der Waals surface area contributed by atoms with E-state index >= 15 is 0 Å². The van der Waals surface area contributed by atoms with E-state index in [0.717, 1.165) is 12.1 Å². The van der Waals surface area contributed by atoms with Gasteiger partial charge in [0.25, 0.3) is 5.91 Å². The predicted molar refractivity (Wildman–Crippen MR) is 61.2 cm³/mol. The van der Waals surface area contributed by atoms with Gasteiger partial charge in [0, 0.05) is 19.2 Å². The number of benzene rings is 1. The number of hydrogen-bond acceptors (Lipinski definition) is 3. The van der Waals surface area contributed by atoms with Crippen molar-refractivity contribution in [3.05, 3.63) is 35.4 Å². The fraction of sp³-hybridized carbons (Fsp3) is 0.417. The highest BCUT2D eigenvalue weighted by molar-refractivity contribution is 5.94. The van der Waals surface area contributed by atoms with Crippen molar-refractivity contribution >= 4 is 5.91 Å². The van der Waals surface area contributed by atoms with Gasteiger partial charge in [-0.15, -0.1) is 0 Å². The first kappa shape index (κ1) is 14.5. The van der Waals surface area contributed by atoms with Gasteiger partial charge in [-0.1, -0.05) is 0 Å². The molecule has 0 saturated heterocycles. The fourth-order valence-corrected chi connectivity index (χ4v) is 1.37. The largest absolute Gasteiger partial charge is 0.386 e. The molecule has 0 bridgehead atoms. The smallest absolute Gasteiger partial charge is 0.251 e. The van der Waals surface area contributed by atoms with Crippen molar-refractivity contribution in [2.75, 3.05) is 20.3 Å². The molecular formula is C12H15F2NO3. The van der Waals surface area contributed by atoms with E-state index in [9.17, 15) is 18.7 Å². The van der Waals surface area contributed by atoms with Gasteiger partial charge in [-0.25, -0.2) is 8.78 Å². The van der Waals surface area contributed by atoms with Crippen molar-refractivity contribution in [2.45, 2.75) is 12.5 Å². The topological polar surface area (TPSA) is 58.6 Å². The summed E-state index contributed by atoms with van der Waals surface area (Å²) in [6.07, 6.45) is 0. The molecule has 2 N–H and O–H groups in total. The van der Waals surface area contributed by atoms with Crippen LogP contribution in [0.3, 0.4) is 0 Å². The van der Waals surface area contributed by atoms with Gasteiger partial charge in [0.05, 0.1) is 6.61 Å². The Morgan fingerprint density at radius 1 is 1.44 bits per heavy atom. The third-order valence-corrected chi connectivity index (χ3v) is 2.27. The van der Waals surface area contributed by atoms with E-state index in [1.807, 2.05) is 0 Å². The van der Waals surface area contributed by atoms with Crippen LogP contribution in [0.2, 0.25) is 0 Å². The normalized spacial score (nSPS) is 14.1. The Bertz CT molecular complexity index is 435. The SMILES string of the molecule is COC[C@](C)(O)CNC(=O)c1ccc(F)c(F)c1. The highest BCUT2D eigenvalue weighted by atomic mass is 19.2. The van der Waals surface area contributed by atoms with Gasteiger partial charge >= 0.3 is 0 Å². The monoisotopic (exact) mass is 259 g/mol. The van der Waals surface area contributed by atoms with Crippen molar-refractivity contribution in [3.63, 3.8) is 0 Å². The third-order valence-electron chi connectivity index (χ3n) is 2.27. The second kappa shape index (κ2) is 5.88. The van der Waals surface area contributed by atoms with Crippen molar-refractivity contribution in [2.24, 2.45) is 0 Å². The molecule has 100 valence electrons. The Kier molecular flexibility index (Phi) is 4.75. The van der Waals surface area contributed by atoms with Crippen molar-refractivity contribution in [1.82, 2.24) is 5.32 Å². The molecule has 18 heavy (non-hydrogen) atoms. The molecule has 1 aromatic rings. The molecule has 0 unspecified atom stereocenters. The van der Waals surface area contributed by atoms with Crippen LogP contribution in [0.4, 0.5) is 8.78 Å². The summed E-state index contributed by atoms with van der Waals surface area (Å²) in [4.78, 5) is 11.6. The molecule has 1 aromatic carbocycles. The van der Waals surface area contributed by atoms with Crippen LogP contribution < -0.4 is 5.32 Å². The van der Waals surface area contributed by atoms with Gasteiger partial charge in [-0.2, -0.15) is 0 Å². The lowest BCUT2D eigenvalue weighted by Gasteiger charge is -2.22. The van der Waals surface area contributed by atoms with Gasteiger partial charge in [-0.3, -0.25) is 4.79 Å². The number of carbonyl (C=O) groups excluding carboxylic acids is 1. The second-order valence-electron chi connectivity index (χ2n) is 4.24. The summed E-state index contributed by atoms with van der Waals surface area (Å²) in [5, 5.41) is 12.1. The van der Waals surface area contributed by atoms with Crippen molar-refractivity contribution in [1.29, 1.82) is 0 Å². The van der Waals surface area contributed by atoms with E-state index < -0.39 is 23.1 Å². The van der Waals surface area contributed by atoms with E-state index in [1.54, 1.807) is 0 Å². The lowest BCUT2D eigenvalue weighted by Crippen LogP contribution is -2.43. The minimum absolute atomic E-state index is 0.0119. The minimum Gasteiger partial charge on any atom is -0.386 e. The number of hydrogen-bond donors (Lipinski definition) is 2. The second-order valence-corrected chi connectivity index (χ2v) is 4.24. The third kappa shape index (κ3) is 4.05. The Morgan fingerprint density at radius 3 is 2.67 bits per heavy atom. The van der Waals surface area contributed by atoms with Crippen LogP contribution in [0.15, 0.2) is 18.2 Å². The van der Waals surface area contributed by atoms with Crippen LogP contribution >= 0.6 is 0 Å². The minimum atomic E-state index is -1.22. The molecule has 0 spiro atoms. The number of nitrogens with one attached hydrogen (secondary N) is 1. The molecular weight excluding hydrogens is 244 g/mol. The lowest BCUT2D eigenvalue weighted by molar-refractivity contribution is -0.0147. The quantitative estimate of drug-likeness (QED) is 0.832. The van der Waals surface area contributed by atoms with Crippen LogP contribution in [0.5, 0.6) is 0 Å². The van der Waals surface area contributed by atoms with Gasteiger partial charge < -0.3 is 15.2 Å². The summed E-state index contributed by atoms with van der Waals surface area (Å²) in [5.74, 6) is -2.70. The zero-order valence-corrected chi connectivity index (χ0v) is 10.2. The molecule has 0 heterocycles. The molecule has 0 fully saturated rings. The van der Waals surface area contributed by atoms with E-state index in [1.165, 1.54) is 20.1 Å². The standard InChI is InChI=1S/C12H15F2NO3/c1-12(17,7-18-2)6-15-11(16)8-3-4-9(13)10(14)5-8/h3-5,17H,6-7H2,1-2H3,(H,15,16)/t12-/m1/s1. The number of rotatable bonds is 5. The molecule has 4 nitrogen and oxygen atoms in total. The Morgan fingerprint density at radius 2 is 2.11 bits per heavy atom. The highest BCUT2D eigenvalue weighted by Crippen LogP contribution is 2.09. The van der Waals surface area contributed by atoms with Gasteiger partial charge in [-0.05, 0) is 25.1 Å². The van der Waals surface area contributed by atoms with Crippen LogP contribution in [-0.2, 0) is 4.74 Å². The predicted octanol–water partition coefficient (Wildman–Crippen LogP) is 1.09. The molecule has 0 radical (unpaired) electrons. The Balaban J connectivity index is 2.63. The van der Waals surface area contributed by atoms with E-state index in [4.69, 9.17) is 4.74 Å². The molecule has 0 aromatic heterocycles. The van der Waals surface area contributed by atoms with Gasteiger partial charge in [0.1, 0.15) is 5.60 Å². The molecule has 1 amide bonds. The number of halogens is 2. The van der Waals surface area contributed by atoms with E-state index in [2.05, 4.69) is 5.32 Å². The first-order chi connectivity index (χ1) is 8.35. The van der Waals surface area contributed by atoms with Crippen molar-refractivity contribution < 1.29 is 23.4 Å². The van der Waals surface area contributed by atoms with Crippen molar-refractivity contribution in [3.8, 4) is 0 Å². The van der Waals surface area contributed by atoms with Gasteiger partial charge in [0.15, 0.2) is 11.6 Å². The number of methoxy groups -OCH3 is 1. The lowest BCUT2D eigenvalue weighted by atomic mass is 10.1. The molecule has 6 heteroatoms. The van der Waals surface area contributed by atoms with Crippen LogP contribution in [0.25, 0.3) is 0 Å². The maximum absolute atomic E-state index is 12.9. The number of carbonyl (C=O) groups is 1. The molecule has 0 aliphatic carbocycles. The summed E-state index contributed by atoms with van der Waals surface area (Å²) >= 11 is 0. The first-order valence-corrected chi connectivity index (χ1v) is 5.30. The average Bonchev–Trinajstić information content (AvgIpc) is 2.30. The summed E-state index contributed by atoms with van der Waals surface area (Å²) < 4.78 is 30.4. The summed E-state index contributed by atoms with van der Waals surface area (Å²) in [6, 6.07) is 2.84. The summed E-state index contributed by atoms with van der Waals surface area (Å²) in [6.45, 7) is 1.48. The molecule has 0 aliphatic rings. The molecule has 0 saturated carbocycles. The summed E-state index contributed by atoms with van der Waals surface area (Å²) in [7, 11) is 1.42. The maximum atomic E-state index is 12.9. The van der Waals surface area contributed by atoms with E-state index in [0.29, 0.717) is 0 Å². The van der Waals surface area contributed by atoms with Crippen LogP contribution in [0.1, 0.15) is 17.3 Å². The molecule has 1 atom stereocenters. The first-order valence-electron chi connectivity index (χ1n) is 5.30. The average molecular weight is 259 g/mol. The Hall–Kier alpha value is -1.53.